The minimum atomic E-state index is 0.249. The number of ether oxygens (including phenoxy) is 1. The third-order valence-corrected chi connectivity index (χ3v) is 4.35. The van der Waals surface area contributed by atoms with E-state index in [2.05, 4.69) is 24.0 Å². The lowest BCUT2D eigenvalue weighted by Crippen LogP contribution is -2.02. The lowest BCUT2D eigenvalue weighted by atomic mass is 10.0. The van der Waals surface area contributed by atoms with E-state index in [0.29, 0.717) is 12.3 Å². The quantitative estimate of drug-likeness (QED) is 0.647. The van der Waals surface area contributed by atoms with Crippen molar-refractivity contribution in [3.8, 4) is 17.2 Å². The summed E-state index contributed by atoms with van der Waals surface area (Å²) < 4.78 is 5.74. The molecule has 0 saturated carbocycles. The van der Waals surface area contributed by atoms with Gasteiger partial charge in [0, 0.05) is 6.07 Å². The molecule has 5 heteroatoms. The molecule has 0 aliphatic carbocycles. The maximum absolute atomic E-state index is 10.6. The summed E-state index contributed by atoms with van der Waals surface area (Å²) >= 11 is 0. The lowest BCUT2D eigenvalue weighted by Gasteiger charge is -2.10. The van der Waals surface area contributed by atoms with Crippen LogP contribution in [0.15, 0.2) is 30.3 Å². The van der Waals surface area contributed by atoms with Gasteiger partial charge in [0.2, 0.25) is 0 Å². The van der Waals surface area contributed by atoms with E-state index in [0.717, 1.165) is 53.6 Å². The third kappa shape index (κ3) is 3.60. The average Bonchev–Trinajstić information content (AvgIpc) is 3.05. The number of benzene rings is 2. The molecule has 132 valence electrons. The number of aromatic nitrogens is 3. The molecule has 1 heterocycles. The zero-order chi connectivity index (χ0) is 17.8. The second-order valence-electron chi connectivity index (χ2n) is 6.17. The SMILES string of the molecule is CCCCOc1ccc2nn(-c3cc(CC)cc(CC)c3O)nc2c1. The second-order valence-corrected chi connectivity index (χ2v) is 6.17. The molecule has 0 aliphatic heterocycles. The third-order valence-electron chi connectivity index (χ3n) is 4.35. The van der Waals surface area contributed by atoms with Gasteiger partial charge in [0.05, 0.1) is 6.61 Å². The summed E-state index contributed by atoms with van der Waals surface area (Å²) in [6.07, 6.45) is 3.80. The van der Waals surface area contributed by atoms with E-state index in [1.807, 2.05) is 37.3 Å². The van der Waals surface area contributed by atoms with Crippen molar-refractivity contribution in [2.75, 3.05) is 6.61 Å². The fraction of sp³-hybridized carbons (Fsp3) is 0.400. The van der Waals surface area contributed by atoms with Crippen molar-refractivity contribution in [2.24, 2.45) is 0 Å². The summed E-state index contributed by atoms with van der Waals surface area (Å²) in [6, 6.07) is 9.71. The topological polar surface area (TPSA) is 60.2 Å². The van der Waals surface area contributed by atoms with E-state index in [4.69, 9.17) is 4.74 Å². The molecular formula is C20H25N3O2. The van der Waals surface area contributed by atoms with Crippen LogP contribution in [0, 0.1) is 0 Å². The van der Waals surface area contributed by atoms with Gasteiger partial charge in [-0.3, -0.25) is 0 Å². The predicted octanol–water partition coefficient (Wildman–Crippen LogP) is 4.43. The van der Waals surface area contributed by atoms with Crippen LogP contribution < -0.4 is 4.74 Å². The van der Waals surface area contributed by atoms with Crippen molar-refractivity contribution >= 4 is 11.0 Å². The predicted molar refractivity (Wildman–Crippen MR) is 99.7 cm³/mol. The van der Waals surface area contributed by atoms with Crippen molar-refractivity contribution in [2.45, 2.75) is 46.5 Å². The van der Waals surface area contributed by atoms with Crippen LogP contribution in [-0.4, -0.2) is 26.7 Å². The Morgan fingerprint density at radius 3 is 2.52 bits per heavy atom. The zero-order valence-corrected chi connectivity index (χ0v) is 15.1. The molecule has 3 rings (SSSR count). The molecule has 1 aromatic heterocycles. The number of rotatable bonds is 7. The van der Waals surface area contributed by atoms with Crippen molar-refractivity contribution < 1.29 is 9.84 Å². The van der Waals surface area contributed by atoms with Crippen LogP contribution in [0.5, 0.6) is 11.5 Å². The number of aromatic hydroxyl groups is 1. The molecule has 0 spiro atoms. The number of fused-ring (bicyclic) bond motifs is 1. The maximum atomic E-state index is 10.6. The van der Waals surface area contributed by atoms with E-state index in [9.17, 15) is 5.11 Å². The van der Waals surface area contributed by atoms with Gasteiger partial charge in [-0.25, -0.2) is 0 Å². The Morgan fingerprint density at radius 2 is 1.80 bits per heavy atom. The Balaban J connectivity index is 1.99. The largest absolute Gasteiger partial charge is 0.505 e. The maximum Gasteiger partial charge on any atom is 0.146 e. The molecule has 2 aromatic carbocycles. The molecule has 0 aliphatic rings. The van der Waals surface area contributed by atoms with Crippen LogP contribution in [0.3, 0.4) is 0 Å². The van der Waals surface area contributed by atoms with Gasteiger partial charge in [-0.15, -0.1) is 15.0 Å². The zero-order valence-electron chi connectivity index (χ0n) is 15.1. The van der Waals surface area contributed by atoms with Crippen LogP contribution in [0.4, 0.5) is 0 Å². The van der Waals surface area contributed by atoms with Gasteiger partial charge in [0.1, 0.15) is 28.2 Å². The first-order valence-corrected chi connectivity index (χ1v) is 9.01. The lowest BCUT2D eigenvalue weighted by molar-refractivity contribution is 0.310. The van der Waals surface area contributed by atoms with Gasteiger partial charge in [0.15, 0.2) is 0 Å². The first-order valence-electron chi connectivity index (χ1n) is 9.01. The van der Waals surface area contributed by atoms with Crippen molar-refractivity contribution in [3.05, 3.63) is 41.5 Å². The molecule has 3 aromatic rings. The first-order chi connectivity index (χ1) is 12.2. The van der Waals surface area contributed by atoms with Crippen molar-refractivity contribution in [1.82, 2.24) is 15.0 Å². The van der Waals surface area contributed by atoms with E-state index in [1.54, 1.807) is 0 Å². The van der Waals surface area contributed by atoms with Gasteiger partial charge in [-0.2, -0.15) is 0 Å². The molecule has 0 bridgehead atoms. The Labute approximate surface area is 148 Å². The number of aryl methyl sites for hydroxylation is 2. The molecule has 0 radical (unpaired) electrons. The molecule has 0 unspecified atom stereocenters. The molecule has 0 atom stereocenters. The fourth-order valence-corrected chi connectivity index (χ4v) is 2.79. The highest BCUT2D eigenvalue weighted by Crippen LogP contribution is 2.29. The van der Waals surface area contributed by atoms with Gasteiger partial charge in [0.25, 0.3) is 0 Å². The van der Waals surface area contributed by atoms with Crippen LogP contribution in [0.1, 0.15) is 44.7 Å². The molecule has 0 fully saturated rings. The first kappa shape index (κ1) is 17.3. The Morgan fingerprint density at radius 1 is 1.00 bits per heavy atom. The smallest absolute Gasteiger partial charge is 0.146 e. The molecule has 25 heavy (non-hydrogen) atoms. The number of phenols is 1. The van der Waals surface area contributed by atoms with Gasteiger partial charge in [-0.05, 0) is 48.6 Å². The monoisotopic (exact) mass is 339 g/mol. The van der Waals surface area contributed by atoms with E-state index in [-0.39, 0.29) is 5.75 Å². The van der Waals surface area contributed by atoms with E-state index < -0.39 is 0 Å². The average molecular weight is 339 g/mol. The molecule has 5 nitrogen and oxygen atoms in total. The summed E-state index contributed by atoms with van der Waals surface area (Å²) in [5, 5.41) is 19.6. The van der Waals surface area contributed by atoms with Gasteiger partial charge >= 0.3 is 0 Å². The Bertz CT molecular complexity index is 871. The van der Waals surface area contributed by atoms with Gasteiger partial charge in [-0.1, -0.05) is 33.3 Å². The second kappa shape index (κ2) is 7.55. The van der Waals surface area contributed by atoms with Crippen molar-refractivity contribution in [1.29, 1.82) is 0 Å². The molecular weight excluding hydrogens is 314 g/mol. The minimum absolute atomic E-state index is 0.249. The molecule has 1 N–H and O–H groups in total. The number of nitrogens with zero attached hydrogens (tertiary/aromatic N) is 3. The summed E-state index contributed by atoms with van der Waals surface area (Å²) in [4.78, 5) is 1.52. The summed E-state index contributed by atoms with van der Waals surface area (Å²) in [6.45, 7) is 6.97. The summed E-state index contributed by atoms with van der Waals surface area (Å²) in [7, 11) is 0. The number of unbranched alkanes of at least 4 members (excludes halogenated alkanes) is 1. The highest BCUT2D eigenvalue weighted by atomic mass is 16.5. The van der Waals surface area contributed by atoms with E-state index >= 15 is 0 Å². The summed E-state index contributed by atoms with van der Waals surface area (Å²) in [5.74, 6) is 1.05. The number of hydrogen-bond donors (Lipinski definition) is 1. The molecule has 0 amide bonds. The summed E-state index contributed by atoms with van der Waals surface area (Å²) in [5.41, 5.74) is 4.24. The van der Waals surface area contributed by atoms with Crippen LogP contribution >= 0.6 is 0 Å². The highest BCUT2D eigenvalue weighted by molar-refractivity contribution is 5.76. The van der Waals surface area contributed by atoms with E-state index in [1.165, 1.54) is 4.80 Å². The standard InChI is InChI=1S/C20H25N3O2/c1-4-7-10-25-16-8-9-17-18(13-16)22-23(21-17)19-12-14(5-2)11-15(6-3)20(19)24/h8-9,11-13,24H,4-7,10H2,1-3H3. The fourth-order valence-electron chi connectivity index (χ4n) is 2.79. The van der Waals surface area contributed by atoms with Crippen LogP contribution in [-0.2, 0) is 12.8 Å². The number of hydrogen-bond acceptors (Lipinski definition) is 4. The Hall–Kier alpha value is -2.56. The minimum Gasteiger partial charge on any atom is -0.505 e. The van der Waals surface area contributed by atoms with Crippen LogP contribution in [0.2, 0.25) is 0 Å². The Kier molecular flexibility index (Phi) is 5.22. The van der Waals surface area contributed by atoms with Crippen LogP contribution in [0.25, 0.3) is 16.7 Å². The normalized spacial score (nSPS) is 11.2. The number of phenolic OH excluding ortho intramolecular Hbond substituents is 1. The van der Waals surface area contributed by atoms with Gasteiger partial charge < -0.3 is 9.84 Å². The highest BCUT2D eigenvalue weighted by Gasteiger charge is 2.14. The molecule has 0 saturated heterocycles. The van der Waals surface area contributed by atoms with Crippen molar-refractivity contribution in [3.63, 3.8) is 0 Å².